The molecule has 22 heavy (non-hydrogen) atoms. The molecule has 0 aliphatic carbocycles. The number of fused-ring (bicyclic) bond motifs is 1. The number of rotatable bonds is 4. The van der Waals surface area contributed by atoms with E-state index in [0.717, 1.165) is 15.2 Å². The van der Waals surface area contributed by atoms with Crippen molar-refractivity contribution in [2.75, 3.05) is 5.32 Å². The molecular formula is C15H12FN3OS2. The third-order valence-corrected chi connectivity index (χ3v) is 4.91. The SMILES string of the molecule is C[C@@H](Sc1ncnc2sccc12)C(=O)Nc1cccc(F)c1. The van der Waals surface area contributed by atoms with Gasteiger partial charge in [0, 0.05) is 11.1 Å². The molecule has 0 saturated heterocycles. The zero-order chi connectivity index (χ0) is 15.5. The summed E-state index contributed by atoms with van der Waals surface area (Å²) < 4.78 is 13.1. The molecule has 0 aliphatic rings. The number of halogens is 1. The summed E-state index contributed by atoms with van der Waals surface area (Å²) in [6, 6.07) is 7.78. The lowest BCUT2D eigenvalue weighted by Gasteiger charge is -2.12. The van der Waals surface area contributed by atoms with Gasteiger partial charge in [0.15, 0.2) is 0 Å². The molecule has 0 bridgehead atoms. The molecule has 3 rings (SSSR count). The van der Waals surface area contributed by atoms with Crippen LogP contribution in [-0.4, -0.2) is 21.1 Å². The van der Waals surface area contributed by atoms with E-state index >= 15 is 0 Å². The lowest BCUT2D eigenvalue weighted by molar-refractivity contribution is -0.115. The number of hydrogen-bond donors (Lipinski definition) is 1. The quantitative estimate of drug-likeness (QED) is 0.580. The lowest BCUT2D eigenvalue weighted by atomic mass is 10.3. The summed E-state index contributed by atoms with van der Waals surface area (Å²) in [6.45, 7) is 1.79. The number of amides is 1. The van der Waals surface area contributed by atoms with Crippen LogP contribution in [0.15, 0.2) is 47.1 Å². The second-order valence-corrected chi connectivity index (χ2v) is 6.80. The van der Waals surface area contributed by atoms with Crippen LogP contribution in [0, 0.1) is 5.82 Å². The first-order chi connectivity index (χ1) is 10.6. The number of benzene rings is 1. The molecule has 4 nitrogen and oxygen atoms in total. The molecular weight excluding hydrogens is 321 g/mol. The summed E-state index contributed by atoms with van der Waals surface area (Å²) in [6.07, 6.45) is 1.50. The summed E-state index contributed by atoms with van der Waals surface area (Å²) in [4.78, 5) is 21.5. The molecule has 0 aliphatic heterocycles. The van der Waals surface area contributed by atoms with E-state index in [4.69, 9.17) is 0 Å². The van der Waals surface area contributed by atoms with Gasteiger partial charge >= 0.3 is 0 Å². The van der Waals surface area contributed by atoms with Gasteiger partial charge in [0.2, 0.25) is 5.91 Å². The van der Waals surface area contributed by atoms with Crippen LogP contribution in [0.5, 0.6) is 0 Å². The Kier molecular flexibility index (Phi) is 4.35. The summed E-state index contributed by atoms with van der Waals surface area (Å²) >= 11 is 2.89. The molecule has 112 valence electrons. The molecule has 1 aromatic carbocycles. The van der Waals surface area contributed by atoms with Crippen molar-refractivity contribution in [2.45, 2.75) is 17.2 Å². The fraction of sp³-hybridized carbons (Fsp3) is 0.133. The Balaban J connectivity index is 1.72. The predicted octanol–water partition coefficient (Wildman–Crippen LogP) is 3.95. The average molecular weight is 333 g/mol. The second kappa shape index (κ2) is 6.41. The molecule has 2 aromatic heterocycles. The minimum Gasteiger partial charge on any atom is -0.325 e. The van der Waals surface area contributed by atoms with E-state index < -0.39 is 0 Å². The fourth-order valence-electron chi connectivity index (χ4n) is 1.89. The summed E-state index contributed by atoms with van der Waals surface area (Å²) in [5, 5.41) is 6.01. The van der Waals surface area contributed by atoms with Crippen LogP contribution in [0.4, 0.5) is 10.1 Å². The maximum absolute atomic E-state index is 13.1. The van der Waals surface area contributed by atoms with E-state index in [1.54, 1.807) is 19.1 Å². The van der Waals surface area contributed by atoms with Crippen LogP contribution < -0.4 is 5.32 Å². The van der Waals surface area contributed by atoms with E-state index in [2.05, 4.69) is 15.3 Å². The number of carbonyl (C=O) groups excluding carboxylic acids is 1. The minimum absolute atomic E-state index is 0.197. The van der Waals surface area contributed by atoms with E-state index in [9.17, 15) is 9.18 Å². The van der Waals surface area contributed by atoms with Crippen LogP contribution in [0.2, 0.25) is 0 Å². The maximum Gasteiger partial charge on any atom is 0.237 e. The highest BCUT2D eigenvalue weighted by molar-refractivity contribution is 8.00. The van der Waals surface area contributed by atoms with Crippen molar-refractivity contribution in [3.05, 3.63) is 47.9 Å². The predicted molar refractivity (Wildman–Crippen MR) is 87.8 cm³/mol. The van der Waals surface area contributed by atoms with Crippen LogP contribution in [-0.2, 0) is 4.79 Å². The third-order valence-electron chi connectivity index (χ3n) is 2.97. The average Bonchev–Trinajstić information content (AvgIpc) is 2.96. The zero-order valence-corrected chi connectivity index (χ0v) is 13.2. The number of hydrogen-bond acceptors (Lipinski definition) is 5. The molecule has 0 saturated carbocycles. The molecule has 1 N–H and O–H groups in total. The molecule has 1 atom stereocenters. The van der Waals surface area contributed by atoms with E-state index in [1.165, 1.54) is 41.6 Å². The molecule has 3 aromatic rings. The zero-order valence-electron chi connectivity index (χ0n) is 11.6. The number of nitrogens with one attached hydrogen (secondary N) is 1. The van der Waals surface area contributed by atoms with Gasteiger partial charge in [-0.15, -0.1) is 11.3 Å². The second-order valence-electron chi connectivity index (χ2n) is 4.58. The van der Waals surface area contributed by atoms with E-state index in [1.807, 2.05) is 11.4 Å². The molecule has 0 unspecified atom stereocenters. The molecule has 1 amide bonds. The van der Waals surface area contributed by atoms with Gasteiger partial charge < -0.3 is 5.32 Å². The van der Waals surface area contributed by atoms with Gasteiger partial charge in [0.05, 0.1) is 5.25 Å². The van der Waals surface area contributed by atoms with Crippen molar-refractivity contribution >= 4 is 44.9 Å². The molecule has 0 spiro atoms. The molecule has 0 radical (unpaired) electrons. The van der Waals surface area contributed by atoms with Crippen LogP contribution in [0.3, 0.4) is 0 Å². The lowest BCUT2D eigenvalue weighted by Crippen LogP contribution is -2.22. The first kappa shape index (κ1) is 14.9. The Morgan fingerprint density at radius 3 is 3.05 bits per heavy atom. The number of nitrogens with zero attached hydrogens (tertiary/aromatic N) is 2. The number of carbonyl (C=O) groups is 1. The highest BCUT2D eigenvalue weighted by Gasteiger charge is 2.17. The number of thiophene rings is 1. The van der Waals surface area contributed by atoms with Crippen molar-refractivity contribution in [1.82, 2.24) is 9.97 Å². The van der Waals surface area contributed by atoms with Gasteiger partial charge in [0.1, 0.15) is 22.0 Å². The minimum atomic E-state index is -0.381. The van der Waals surface area contributed by atoms with Gasteiger partial charge in [-0.3, -0.25) is 4.79 Å². The Hall–Kier alpha value is -1.99. The standard InChI is InChI=1S/C15H12FN3OS2/c1-9(13(20)19-11-4-2-3-10(16)7-11)22-15-12-5-6-21-14(12)17-8-18-15/h2-9H,1H3,(H,19,20)/t9-/m1/s1. The molecule has 7 heteroatoms. The summed E-state index contributed by atoms with van der Waals surface area (Å²) in [7, 11) is 0. The normalized spacial score (nSPS) is 12.3. The molecule has 0 fully saturated rings. The largest absolute Gasteiger partial charge is 0.325 e. The highest BCUT2D eigenvalue weighted by Crippen LogP contribution is 2.30. The van der Waals surface area contributed by atoms with E-state index in [-0.39, 0.29) is 17.0 Å². The summed E-state index contributed by atoms with van der Waals surface area (Å²) in [5.41, 5.74) is 0.445. The third kappa shape index (κ3) is 3.26. The van der Waals surface area contributed by atoms with Crippen molar-refractivity contribution < 1.29 is 9.18 Å². The fourth-order valence-corrected chi connectivity index (χ4v) is 3.59. The monoisotopic (exact) mass is 333 g/mol. The first-order valence-electron chi connectivity index (χ1n) is 6.55. The van der Waals surface area contributed by atoms with Gasteiger partial charge in [-0.1, -0.05) is 17.8 Å². The maximum atomic E-state index is 13.1. The Morgan fingerprint density at radius 2 is 2.23 bits per heavy atom. The van der Waals surface area contributed by atoms with Crippen molar-refractivity contribution in [1.29, 1.82) is 0 Å². The first-order valence-corrected chi connectivity index (χ1v) is 8.31. The van der Waals surface area contributed by atoms with Gasteiger partial charge in [-0.25, -0.2) is 14.4 Å². The van der Waals surface area contributed by atoms with Crippen molar-refractivity contribution in [3.63, 3.8) is 0 Å². The smallest absolute Gasteiger partial charge is 0.237 e. The summed E-state index contributed by atoms with van der Waals surface area (Å²) in [5.74, 6) is -0.577. The Morgan fingerprint density at radius 1 is 1.36 bits per heavy atom. The number of anilines is 1. The Labute approximate surface area is 134 Å². The van der Waals surface area contributed by atoms with Crippen LogP contribution in [0.1, 0.15) is 6.92 Å². The Bertz CT molecular complexity index is 821. The van der Waals surface area contributed by atoms with E-state index in [0.29, 0.717) is 5.69 Å². The van der Waals surface area contributed by atoms with Gasteiger partial charge in [-0.05, 0) is 36.6 Å². The molecule has 2 heterocycles. The highest BCUT2D eigenvalue weighted by atomic mass is 32.2. The number of aromatic nitrogens is 2. The van der Waals surface area contributed by atoms with Crippen molar-refractivity contribution in [3.8, 4) is 0 Å². The van der Waals surface area contributed by atoms with Gasteiger partial charge in [-0.2, -0.15) is 0 Å². The van der Waals surface area contributed by atoms with Crippen molar-refractivity contribution in [2.24, 2.45) is 0 Å². The van der Waals surface area contributed by atoms with Gasteiger partial charge in [0.25, 0.3) is 0 Å². The number of thioether (sulfide) groups is 1. The van der Waals surface area contributed by atoms with Crippen LogP contribution in [0.25, 0.3) is 10.2 Å². The topological polar surface area (TPSA) is 54.9 Å². The van der Waals surface area contributed by atoms with Crippen LogP contribution >= 0.6 is 23.1 Å².